The van der Waals surface area contributed by atoms with Crippen LogP contribution in [-0.2, 0) is 14.8 Å². The zero-order valence-electron chi connectivity index (χ0n) is 12.7. The van der Waals surface area contributed by atoms with Gasteiger partial charge in [-0.25, -0.2) is 13.1 Å². The highest BCUT2D eigenvalue weighted by atomic mass is 35.5. The average molecular weight is 364 g/mol. The van der Waals surface area contributed by atoms with Gasteiger partial charge in [-0.15, -0.1) is 11.3 Å². The third-order valence-corrected chi connectivity index (χ3v) is 8.34. The molecule has 2 aliphatic carbocycles. The lowest BCUT2D eigenvalue weighted by atomic mass is 9.79. The number of fused-ring (bicyclic) bond motifs is 2. The summed E-state index contributed by atoms with van der Waals surface area (Å²) < 4.78 is 34.6. The number of hydrogen-bond acceptors (Lipinski definition) is 4. The van der Waals surface area contributed by atoms with E-state index in [0.717, 1.165) is 43.4 Å². The highest BCUT2D eigenvalue weighted by Crippen LogP contribution is 2.50. The fourth-order valence-corrected chi connectivity index (χ4v) is 7.09. The van der Waals surface area contributed by atoms with Crippen LogP contribution >= 0.6 is 22.9 Å². The van der Waals surface area contributed by atoms with Crippen molar-refractivity contribution in [2.45, 2.75) is 48.8 Å². The molecule has 22 heavy (non-hydrogen) atoms. The Bertz CT molecular complexity index is 626. The van der Waals surface area contributed by atoms with Crippen LogP contribution in [-0.4, -0.2) is 28.2 Å². The number of methoxy groups -OCH3 is 1. The number of hydrogen-bond donors (Lipinski definition) is 1. The molecule has 0 aliphatic heterocycles. The summed E-state index contributed by atoms with van der Waals surface area (Å²) in [5.74, 6) is 0.419. The normalized spacial score (nSPS) is 32.1. The van der Waals surface area contributed by atoms with Crippen molar-refractivity contribution in [3.63, 3.8) is 0 Å². The van der Waals surface area contributed by atoms with Gasteiger partial charge in [0, 0.05) is 18.6 Å². The molecule has 4 nitrogen and oxygen atoms in total. The van der Waals surface area contributed by atoms with E-state index in [0.29, 0.717) is 21.1 Å². The summed E-state index contributed by atoms with van der Waals surface area (Å²) in [5, 5.41) is 0. The van der Waals surface area contributed by atoms with Gasteiger partial charge in [0.25, 0.3) is 0 Å². The number of thiophene rings is 1. The molecule has 3 unspecified atom stereocenters. The van der Waals surface area contributed by atoms with Gasteiger partial charge in [-0.05, 0) is 43.7 Å². The lowest BCUT2D eigenvalue weighted by Crippen LogP contribution is -2.48. The van der Waals surface area contributed by atoms with Gasteiger partial charge >= 0.3 is 0 Å². The van der Waals surface area contributed by atoms with E-state index in [1.54, 1.807) is 19.2 Å². The molecule has 1 aromatic heterocycles. The van der Waals surface area contributed by atoms with Gasteiger partial charge in [-0.1, -0.05) is 24.4 Å². The van der Waals surface area contributed by atoms with E-state index in [1.807, 2.05) is 0 Å². The highest BCUT2D eigenvalue weighted by Gasteiger charge is 2.50. The molecule has 3 atom stereocenters. The van der Waals surface area contributed by atoms with Gasteiger partial charge < -0.3 is 4.74 Å². The lowest BCUT2D eigenvalue weighted by Gasteiger charge is -2.35. The molecule has 2 saturated carbocycles. The topological polar surface area (TPSA) is 55.4 Å². The minimum atomic E-state index is -3.51. The van der Waals surface area contributed by atoms with E-state index < -0.39 is 10.0 Å². The fraction of sp³-hybridized carbons (Fsp3) is 0.733. The maximum atomic E-state index is 12.7. The zero-order valence-corrected chi connectivity index (χ0v) is 15.1. The Morgan fingerprint density at radius 1 is 1.36 bits per heavy atom. The Morgan fingerprint density at radius 3 is 2.86 bits per heavy atom. The largest absolute Gasteiger partial charge is 0.384 e. The van der Waals surface area contributed by atoms with Crippen molar-refractivity contribution in [1.82, 2.24) is 4.72 Å². The molecule has 1 N–H and O–H groups in total. The average Bonchev–Trinajstić information content (AvgIpc) is 2.96. The molecule has 0 aromatic carbocycles. The molecule has 124 valence electrons. The predicted molar refractivity (Wildman–Crippen MR) is 88.9 cm³/mol. The number of ether oxygens (including phenoxy) is 1. The molecule has 1 aromatic rings. The molecule has 0 radical (unpaired) electrons. The predicted octanol–water partition coefficient (Wildman–Crippen LogP) is 3.67. The molecule has 0 saturated heterocycles. The number of sulfonamides is 1. The van der Waals surface area contributed by atoms with Crippen LogP contribution in [0.4, 0.5) is 0 Å². The molecule has 1 heterocycles. The summed E-state index contributed by atoms with van der Waals surface area (Å²) in [6.07, 6.45) is 6.60. The van der Waals surface area contributed by atoms with Gasteiger partial charge in [0.1, 0.15) is 4.21 Å². The standard InChI is InChI=1S/C15H22ClNO3S2/c1-20-10-15-8-3-2-4-11(7-9-15)14(15)17-22(18,19)13-6-5-12(16)21-13/h5-6,11,14,17H,2-4,7-10H2,1H3. The Balaban J connectivity index is 1.88. The summed E-state index contributed by atoms with van der Waals surface area (Å²) in [7, 11) is -1.80. The number of halogens is 1. The van der Waals surface area contributed by atoms with Crippen molar-refractivity contribution in [3.05, 3.63) is 16.5 Å². The van der Waals surface area contributed by atoms with E-state index in [9.17, 15) is 8.42 Å². The minimum Gasteiger partial charge on any atom is -0.384 e. The summed E-state index contributed by atoms with van der Waals surface area (Å²) in [5.41, 5.74) is -0.0515. The van der Waals surface area contributed by atoms with Gasteiger partial charge in [0.05, 0.1) is 10.9 Å². The van der Waals surface area contributed by atoms with E-state index in [2.05, 4.69) is 4.72 Å². The van der Waals surface area contributed by atoms with Crippen LogP contribution in [0.15, 0.2) is 16.3 Å². The maximum Gasteiger partial charge on any atom is 0.250 e. The number of nitrogens with one attached hydrogen (secondary N) is 1. The molecule has 2 bridgehead atoms. The zero-order chi connectivity index (χ0) is 15.8. The quantitative estimate of drug-likeness (QED) is 0.868. The van der Waals surface area contributed by atoms with Crippen LogP contribution < -0.4 is 4.72 Å². The van der Waals surface area contributed by atoms with Crippen molar-refractivity contribution >= 4 is 33.0 Å². The first-order chi connectivity index (χ1) is 10.5. The van der Waals surface area contributed by atoms with Gasteiger partial charge in [0.15, 0.2) is 0 Å². The van der Waals surface area contributed by atoms with E-state index in [-0.39, 0.29) is 11.5 Å². The van der Waals surface area contributed by atoms with E-state index in [1.165, 1.54) is 6.42 Å². The van der Waals surface area contributed by atoms with Gasteiger partial charge in [0.2, 0.25) is 10.0 Å². The molecule has 7 heteroatoms. The van der Waals surface area contributed by atoms with Crippen molar-refractivity contribution in [3.8, 4) is 0 Å². The Hall–Kier alpha value is -0.140. The number of rotatable bonds is 5. The fourth-order valence-electron chi connectivity index (χ4n) is 4.18. The highest BCUT2D eigenvalue weighted by molar-refractivity contribution is 7.91. The second-order valence-electron chi connectivity index (χ2n) is 6.50. The third-order valence-electron chi connectivity index (χ3n) is 5.17. The second kappa shape index (κ2) is 6.40. The molecule has 0 spiro atoms. The van der Waals surface area contributed by atoms with Crippen molar-refractivity contribution in [1.29, 1.82) is 0 Å². The summed E-state index contributed by atoms with van der Waals surface area (Å²) >= 11 is 7.00. The smallest absolute Gasteiger partial charge is 0.250 e. The maximum absolute atomic E-state index is 12.7. The molecular weight excluding hydrogens is 342 g/mol. The SMILES string of the molecule is COCC12CCCCC(CC1)C2NS(=O)(=O)c1ccc(Cl)s1. The summed E-state index contributed by atoms with van der Waals surface area (Å²) in [6, 6.07) is 3.19. The van der Waals surface area contributed by atoms with Gasteiger partial charge in [-0.3, -0.25) is 0 Å². The first-order valence-electron chi connectivity index (χ1n) is 7.73. The molecule has 2 aliphatic rings. The molecule has 0 amide bonds. The van der Waals surface area contributed by atoms with Crippen molar-refractivity contribution in [2.24, 2.45) is 11.3 Å². The van der Waals surface area contributed by atoms with Crippen LogP contribution in [0.25, 0.3) is 0 Å². The van der Waals surface area contributed by atoms with E-state index in [4.69, 9.17) is 16.3 Å². The summed E-state index contributed by atoms with van der Waals surface area (Å²) in [4.78, 5) is 0. The third kappa shape index (κ3) is 3.08. The van der Waals surface area contributed by atoms with E-state index >= 15 is 0 Å². The van der Waals surface area contributed by atoms with Crippen LogP contribution in [0, 0.1) is 11.3 Å². The van der Waals surface area contributed by atoms with Crippen LogP contribution in [0.5, 0.6) is 0 Å². The first-order valence-corrected chi connectivity index (χ1v) is 10.4. The molecular formula is C15H22ClNO3S2. The Morgan fingerprint density at radius 2 is 2.18 bits per heavy atom. The second-order valence-corrected chi connectivity index (χ2v) is 10.2. The van der Waals surface area contributed by atoms with Crippen LogP contribution in [0.3, 0.4) is 0 Å². The Kier molecular flexibility index (Phi) is 4.86. The monoisotopic (exact) mass is 363 g/mol. The lowest BCUT2D eigenvalue weighted by molar-refractivity contribution is 0.0589. The van der Waals surface area contributed by atoms with Crippen LogP contribution in [0.1, 0.15) is 38.5 Å². The van der Waals surface area contributed by atoms with Crippen molar-refractivity contribution in [2.75, 3.05) is 13.7 Å². The van der Waals surface area contributed by atoms with Crippen molar-refractivity contribution < 1.29 is 13.2 Å². The molecule has 2 fully saturated rings. The minimum absolute atomic E-state index is 0.0270. The van der Waals surface area contributed by atoms with Gasteiger partial charge in [-0.2, -0.15) is 0 Å². The Labute approximate surface area is 141 Å². The summed E-state index contributed by atoms with van der Waals surface area (Å²) in [6.45, 7) is 0.627. The first kappa shape index (κ1) is 16.7. The van der Waals surface area contributed by atoms with Crippen LogP contribution in [0.2, 0.25) is 4.34 Å². The molecule has 3 rings (SSSR count).